The van der Waals surface area contributed by atoms with E-state index in [0.29, 0.717) is 0 Å². The molecular weight excluding hydrogens is 210 g/mol. The van der Waals surface area contributed by atoms with Crippen LogP contribution in [0.4, 0.5) is 0 Å². The molecule has 0 saturated carbocycles. The topological polar surface area (TPSA) is 43.1 Å². The van der Waals surface area contributed by atoms with Gasteiger partial charge in [0.15, 0.2) is 5.78 Å². The summed E-state index contributed by atoms with van der Waals surface area (Å²) in [7, 11) is 0. The van der Waals surface area contributed by atoms with Crippen molar-refractivity contribution in [3.05, 3.63) is 60.2 Å². The van der Waals surface area contributed by atoms with Crippen molar-refractivity contribution in [2.75, 3.05) is 0 Å². The van der Waals surface area contributed by atoms with E-state index in [1.165, 1.54) is 0 Å². The number of nitrogens with two attached hydrogens (primary N) is 1. The van der Waals surface area contributed by atoms with Gasteiger partial charge < -0.3 is 5.73 Å². The van der Waals surface area contributed by atoms with Crippen molar-refractivity contribution >= 4 is 5.78 Å². The van der Waals surface area contributed by atoms with Crippen molar-refractivity contribution in [3.8, 4) is 0 Å². The van der Waals surface area contributed by atoms with Crippen LogP contribution in [-0.2, 0) is 0 Å². The van der Waals surface area contributed by atoms with Gasteiger partial charge in [-0.1, -0.05) is 61.6 Å². The minimum atomic E-state index is -0.381. The highest BCUT2D eigenvalue weighted by Crippen LogP contribution is 2.22. The van der Waals surface area contributed by atoms with Gasteiger partial charge in [0.2, 0.25) is 0 Å². The number of allylic oxidation sites excluding steroid dienone is 2. The first-order valence-electron chi connectivity index (χ1n) is 5.91. The van der Waals surface area contributed by atoms with E-state index < -0.39 is 0 Å². The van der Waals surface area contributed by atoms with Crippen LogP contribution in [-0.4, -0.2) is 11.3 Å². The molecule has 1 aromatic rings. The molecule has 0 aromatic heterocycles. The first-order valence-corrected chi connectivity index (χ1v) is 5.91. The van der Waals surface area contributed by atoms with Crippen molar-refractivity contribution in [2.24, 2.45) is 11.7 Å². The third-order valence-electron chi connectivity index (χ3n) is 3.20. The number of benzene rings is 1. The molecule has 2 N–H and O–H groups in total. The van der Waals surface area contributed by atoms with E-state index in [2.05, 4.69) is 0 Å². The van der Waals surface area contributed by atoms with E-state index in [9.17, 15) is 4.79 Å². The van der Waals surface area contributed by atoms with E-state index in [0.717, 1.165) is 12.0 Å². The Bertz CT molecular complexity index is 445. The van der Waals surface area contributed by atoms with Crippen LogP contribution in [0.25, 0.3) is 0 Å². The van der Waals surface area contributed by atoms with Gasteiger partial charge >= 0.3 is 0 Å². The number of Topliss-reactive ketones (excluding diaryl/α,β-unsaturated/α-hetero) is 1. The summed E-state index contributed by atoms with van der Waals surface area (Å²) in [6, 6.07) is 9.35. The lowest BCUT2D eigenvalue weighted by Gasteiger charge is -2.24. The van der Waals surface area contributed by atoms with Crippen LogP contribution in [0, 0.1) is 5.92 Å². The van der Waals surface area contributed by atoms with Gasteiger partial charge in [-0.25, -0.2) is 0 Å². The molecule has 0 spiro atoms. The van der Waals surface area contributed by atoms with Crippen molar-refractivity contribution in [2.45, 2.75) is 18.9 Å². The minimum Gasteiger partial charge on any atom is -0.319 e. The van der Waals surface area contributed by atoms with Crippen molar-refractivity contribution in [1.29, 1.82) is 0 Å². The maximum atomic E-state index is 12.2. The SMILES string of the molecule is CCC1(N)C=CC(C(=O)c2ccccc2)C=C1. The first kappa shape index (κ1) is 11.8. The van der Waals surface area contributed by atoms with Crippen LogP contribution in [0.3, 0.4) is 0 Å². The van der Waals surface area contributed by atoms with E-state index in [1.807, 2.05) is 61.6 Å². The van der Waals surface area contributed by atoms with Crippen molar-refractivity contribution in [1.82, 2.24) is 0 Å². The molecule has 17 heavy (non-hydrogen) atoms. The molecule has 0 fully saturated rings. The third-order valence-corrected chi connectivity index (χ3v) is 3.20. The summed E-state index contributed by atoms with van der Waals surface area (Å²) >= 11 is 0. The van der Waals surface area contributed by atoms with Crippen LogP contribution in [0.2, 0.25) is 0 Å². The van der Waals surface area contributed by atoms with Gasteiger partial charge in [0.05, 0.1) is 11.5 Å². The van der Waals surface area contributed by atoms with Gasteiger partial charge in [0.1, 0.15) is 0 Å². The number of rotatable bonds is 3. The Hall–Kier alpha value is -1.67. The van der Waals surface area contributed by atoms with Gasteiger partial charge in [-0.3, -0.25) is 4.79 Å². The van der Waals surface area contributed by atoms with Gasteiger partial charge in [-0.2, -0.15) is 0 Å². The lowest BCUT2D eigenvalue weighted by molar-refractivity contribution is 0.0964. The molecule has 1 aromatic carbocycles. The van der Waals surface area contributed by atoms with Crippen molar-refractivity contribution < 1.29 is 4.79 Å². The van der Waals surface area contributed by atoms with Gasteiger partial charge in [-0.05, 0) is 6.42 Å². The monoisotopic (exact) mass is 227 g/mol. The summed E-state index contributed by atoms with van der Waals surface area (Å²) in [4.78, 5) is 12.2. The second-order valence-electron chi connectivity index (χ2n) is 4.44. The zero-order valence-electron chi connectivity index (χ0n) is 9.97. The quantitative estimate of drug-likeness (QED) is 0.637. The summed E-state index contributed by atoms with van der Waals surface area (Å²) in [5, 5.41) is 0. The number of hydrogen-bond donors (Lipinski definition) is 1. The number of carbonyl (C=O) groups excluding carboxylic acids is 1. The lowest BCUT2D eigenvalue weighted by Crippen LogP contribution is -2.36. The molecule has 2 rings (SSSR count). The average molecular weight is 227 g/mol. The number of carbonyl (C=O) groups is 1. The second-order valence-corrected chi connectivity index (χ2v) is 4.44. The molecule has 88 valence electrons. The maximum absolute atomic E-state index is 12.2. The zero-order chi connectivity index (χ0) is 12.3. The standard InChI is InChI=1S/C15H17NO/c1-2-15(16)10-8-13(9-11-15)14(17)12-6-4-3-5-7-12/h3-11,13H,2,16H2,1H3. The van der Waals surface area contributed by atoms with Crippen LogP contribution in [0.5, 0.6) is 0 Å². The van der Waals surface area contributed by atoms with Crippen LogP contribution < -0.4 is 5.73 Å². The van der Waals surface area contributed by atoms with Crippen LogP contribution in [0.1, 0.15) is 23.7 Å². The molecule has 0 unspecified atom stereocenters. The maximum Gasteiger partial charge on any atom is 0.173 e. The zero-order valence-corrected chi connectivity index (χ0v) is 9.97. The molecule has 0 saturated heterocycles. The molecule has 1 aliphatic rings. The Labute approximate surface area is 102 Å². The van der Waals surface area contributed by atoms with E-state index in [4.69, 9.17) is 5.73 Å². The Morgan fingerprint density at radius 2 is 1.82 bits per heavy atom. The molecule has 0 atom stereocenters. The molecule has 2 nitrogen and oxygen atoms in total. The van der Waals surface area contributed by atoms with Crippen molar-refractivity contribution in [3.63, 3.8) is 0 Å². The Balaban J connectivity index is 2.15. The fourth-order valence-corrected chi connectivity index (χ4v) is 1.89. The summed E-state index contributed by atoms with van der Waals surface area (Å²) in [6.45, 7) is 2.04. The number of hydrogen-bond acceptors (Lipinski definition) is 2. The third kappa shape index (κ3) is 2.53. The average Bonchev–Trinajstić information content (AvgIpc) is 2.40. The second kappa shape index (κ2) is 4.68. The van der Waals surface area contributed by atoms with E-state index in [1.54, 1.807) is 0 Å². The normalized spacial score (nSPS) is 27.1. The van der Waals surface area contributed by atoms with Crippen LogP contribution in [0.15, 0.2) is 54.6 Å². The van der Waals surface area contributed by atoms with Gasteiger partial charge in [0, 0.05) is 5.56 Å². The molecule has 0 bridgehead atoms. The van der Waals surface area contributed by atoms with E-state index >= 15 is 0 Å². The fourth-order valence-electron chi connectivity index (χ4n) is 1.89. The predicted molar refractivity (Wildman–Crippen MR) is 69.8 cm³/mol. The van der Waals surface area contributed by atoms with Crippen LogP contribution >= 0.6 is 0 Å². The molecule has 2 heteroatoms. The highest BCUT2D eigenvalue weighted by Gasteiger charge is 2.23. The number of ketones is 1. The Kier molecular flexibility index (Phi) is 3.25. The summed E-state index contributed by atoms with van der Waals surface area (Å²) < 4.78 is 0. The summed E-state index contributed by atoms with van der Waals surface area (Å²) in [5.74, 6) is -0.0584. The largest absolute Gasteiger partial charge is 0.319 e. The Morgan fingerprint density at radius 1 is 1.24 bits per heavy atom. The molecule has 0 heterocycles. The summed E-state index contributed by atoms with van der Waals surface area (Å²) in [5.41, 5.74) is 6.44. The fraction of sp³-hybridized carbons (Fsp3) is 0.267. The highest BCUT2D eigenvalue weighted by atomic mass is 16.1. The first-order chi connectivity index (χ1) is 8.14. The highest BCUT2D eigenvalue weighted by molar-refractivity contribution is 6.00. The Morgan fingerprint density at radius 3 is 2.35 bits per heavy atom. The van der Waals surface area contributed by atoms with E-state index in [-0.39, 0.29) is 17.2 Å². The lowest BCUT2D eigenvalue weighted by atomic mass is 9.85. The molecule has 0 amide bonds. The molecule has 0 aliphatic heterocycles. The molecular formula is C15H17NO. The smallest absolute Gasteiger partial charge is 0.173 e. The predicted octanol–water partition coefficient (Wildman–Crippen LogP) is 2.72. The molecule has 1 aliphatic carbocycles. The molecule has 0 radical (unpaired) electrons. The van der Waals surface area contributed by atoms with Gasteiger partial charge in [0.25, 0.3) is 0 Å². The minimum absolute atomic E-state index is 0.122. The van der Waals surface area contributed by atoms with Gasteiger partial charge in [-0.15, -0.1) is 0 Å². The summed E-state index contributed by atoms with van der Waals surface area (Å²) in [6.07, 6.45) is 8.50.